The summed E-state index contributed by atoms with van der Waals surface area (Å²) in [6.45, 7) is 5.51. The second-order valence-electron chi connectivity index (χ2n) is 10.5. The highest BCUT2D eigenvalue weighted by Crippen LogP contribution is 2.41. The fourth-order valence-corrected chi connectivity index (χ4v) is 5.46. The summed E-state index contributed by atoms with van der Waals surface area (Å²) < 4.78 is 41.4. The van der Waals surface area contributed by atoms with Crippen LogP contribution < -0.4 is 9.47 Å². The van der Waals surface area contributed by atoms with E-state index < -0.39 is 15.8 Å². The number of fused-ring (bicyclic) bond motifs is 1. The summed E-state index contributed by atoms with van der Waals surface area (Å²) in [6.07, 6.45) is 4.01. The van der Waals surface area contributed by atoms with E-state index in [-0.39, 0.29) is 17.3 Å². The molecule has 234 valence electrons. The van der Waals surface area contributed by atoms with Gasteiger partial charge in [0.05, 0.1) is 4.90 Å². The molecule has 0 spiro atoms. The van der Waals surface area contributed by atoms with E-state index in [1.807, 2.05) is 36.4 Å². The van der Waals surface area contributed by atoms with Crippen molar-refractivity contribution in [3.63, 3.8) is 0 Å². The normalized spacial score (nSPS) is 11.6. The SMILES string of the molecule is CCN(CCCCCOCC(=O)O)CCOc1ccc(Oc2c(-c3ccc(S(C)(=O)=O)cc3)ccc3cc(O)ccc23)cc1. The predicted molar refractivity (Wildman–Crippen MR) is 171 cm³/mol. The second-order valence-corrected chi connectivity index (χ2v) is 12.5. The van der Waals surface area contributed by atoms with Gasteiger partial charge in [-0.2, -0.15) is 0 Å². The quantitative estimate of drug-likeness (QED) is 0.129. The number of likely N-dealkylation sites (N-methyl/N-ethyl adjacent to an activating group) is 1. The Balaban J connectivity index is 1.38. The second kappa shape index (κ2) is 15.6. The van der Waals surface area contributed by atoms with Crippen LogP contribution in [0.5, 0.6) is 23.0 Å². The molecule has 0 aliphatic heterocycles. The number of carboxylic acid groups (broad SMARTS) is 1. The van der Waals surface area contributed by atoms with Crippen LogP contribution in [-0.4, -0.2) is 75.2 Å². The molecular formula is C34H39NO8S. The molecule has 0 radical (unpaired) electrons. The minimum absolute atomic E-state index is 0.152. The van der Waals surface area contributed by atoms with Gasteiger partial charge in [-0.1, -0.05) is 25.1 Å². The first-order valence-corrected chi connectivity index (χ1v) is 16.5. The first kappa shape index (κ1) is 32.8. The number of carbonyl (C=O) groups is 1. The molecule has 0 amide bonds. The Morgan fingerprint density at radius 1 is 0.841 bits per heavy atom. The number of aromatic hydroxyl groups is 1. The molecule has 4 rings (SSSR count). The fraction of sp³-hybridized carbons (Fsp3) is 0.324. The number of phenolic OH excluding ortho intramolecular Hbond substituents is 1. The molecule has 0 fully saturated rings. The molecule has 0 saturated heterocycles. The van der Waals surface area contributed by atoms with Gasteiger partial charge in [0.1, 0.15) is 36.2 Å². The number of ether oxygens (including phenoxy) is 3. The predicted octanol–water partition coefficient (Wildman–Crippen LogP) is 6.38. The summed E-state index contributed by atoms with van der Waals surface area (Å²) in [5.74, 6) is 1.13. The molecule has 0 atom stereocenters. The van der Waals surface area contributed by atoms with Crippen molar-refractivity contribution >= 4 is 26.6 Å². The smallest absolute Gasteiger partial charge is 0.329 e. The van der Waals surface area contributed by atoms with Gasteiger partial charge in [0.25, 0.3) is 0 Å². The van der Waals surface area contributed by atoms with E-state index in [0.717, 1.165) is 66.5 Å². The maximum atomic E-state index is 12.0. The Morgan fingerprint density at radius 3 is 2.25 bits per heavy atom. The number of unbranched alkanes of at least 4 members (excludes halogenated alkanes) is 2. The molecule has 9 nitrogen and oxygen atoms in total. The van der Waals surface area contributed by atoms with Crippen LogP contribution in [-0.2, 0) is 19.4 Å². The van der Waals surface area contributed by atoms with Crippen LogP contribution in [0.4, 0.5) is 0 Å². The van der Waals surface area contributed by atoms with Gasteiger partial charge in [0, 0.05) is 30.4 Å². The summed E-state index contributed by atoms with van der Waals surface area (Å²) in [5.41, 5.74) is 1.59. The van der Waals surface area contributed by atoms with Crippen molar-refractivity contribution < 1.29 is 37.6 Å². The number of nitrogens with zero attached hydrogens (tertiary/aromatic N) is 1. The van der Waals surface area contributed by atoms with E-state index in [0.29, 0.717) is 24.7 Å². The minimum atomic E-state index is -3.32. The van der Waals surface area contributed by atoms with Crippen molar-refractivity contribution in [1.82, 2.24) is 4.90 Å². The fourth-order valence-electron chi connectivity index (χ4n) is 4.83. The molecule has 0 aromatic heterocycles. The zero-order valence-electron chi connectivity index (χ0n) is 25.1. The summed E-state index contributed by atoms with van der Waals surface area (Å²) >= 11 is 0. The van der Waals surface area contributed by atoms with Gasteiger partial charge in [0.2, 0.25) is 0 Å². The van der Waals surface area contributed by atoms with Crippen LogP contribution in [0.25, 0.3) is 21.9 Å². The number of rotatable bonds is 17. The highest BCUT2D eigenvalue weighted by Gasteiger charge is 2.15. The molecule has 10 heteroatoms. The molecule has 4 aromatic rings. The third-order valence-corrected chi connectivity index (χ3v) is 8.33. The van der Waals surface area contributed by atoms with Crippen molar-refractivity contribution in [2.24, 2.45) is 0 Å². The third kappa shape index (κ3) is 9.44. The Labute approximate surface area is 258 Å². The van der Waals surface area contributed by atoms with Crippen molar-refractivity contribution in [2.45, 2.75) is 31.1 Å². The zero-order valence-corrected chi connectivity index (χ0v) is 25.9. The minimum Gasteiger partial charge on any atom is -0.508 e. The number of benzene rings is 4. The zero-order chi connectivity index (χ0) is 31.5. The number of phenols is 1. The molecule has 2 N–H and O–H groups in total. The Hall–Kier alpha value is -4.12. The van der Waals surface area contributed by atoms with Crippen LogP contribution in [0.1, 0.15) is 26.2 Å². The monoisotopic (exact) mass is 621 g/mol. The van der Waals surface area contributed by atoms with Crippen molar-refractivity contribution in [3.05, 3.63) is 78.9 Å². The first-order chi connectivity index (χ1) is 21.1. The molecular weight excluding hydrogens is 582 g/mol. The lowest BCUT2D eigenvalue weighted by Crippen LogP contribution is -2.29. The van der Waals surface area contributed by atoms with Crippen LogP contribution in [0, 0.1) is 0 Å². The molecule has 0 bridgehead atoms. The summed E-state index contributed by atoms with van der Waals surface area (Å²) in [6, 6.07) is 23.0. The van der Waals surface area contributed by atoms with Gasteiger partial charge < -0.3 is 29.3 Å². The largest absolute Gasteiger partial charge is 0.508 e. The maximum absolute atomic E-state index is 12.0. The lowest BCUT2D eigenvalue weighted by Gasteiger charge is -2.20. The standard InChI is InChI=1S/C34H39NO8S/c1-3-35(19-5-4-6-21-41-24-33(37)38)20-22-42-28-11-13-29(14-12-28)43-34-31(17-9-26-23-27(36)10-18-32(26)34)25-7-15-30(16-8-25)44(2,39)40/h7-18,23,36H,3-6,19-22,24H2,1-2H3,(H,37,38). The van der Waals surface area contributed by atoms with Crippen molar-refractivity contribution in [3.8, 4) is 34.1 Å². The number of carboxylic acids is 1. The number of hydrogen-bond acceptors (Lipinski definition) is 8. The van der Waals surface area contributed by atoms with Gasteiger partial charge in [0.15, 0.2) is 9.84 Å². The van der Waals surface area contributed by atoms with Crippen LogP contribution in [0.2, 0.25) is 0 Å². The van der Waals surface area contributed by atoms with Gasteiger partial charge in [-0.05, 0) is 104 Å². The summed E-state index contributed by atoms with van der Waals surface area (Å²) in [5, 5.41) is 20.2. The number of hydrogen-bond donors (Lipinski definition) is 2. The van der Waals surface area contributed by atoms with Gasteiger partial charge in [-0.15, -0.1) is 0 Å². The Morgan fingerprint density at radius 2 is 1.57 bits per heavy atom. The average molecular weight is 622 g/mol. The van der Waals surface area contributed by atoms with Crippen molar-refractivity contribution in [1.29, 1.82) is 0 Å². The van der Waals surface area contributed by atoms with Gasteiger partial charge in [-0.25, -0.2) is 13.2 Å². The molecule has 0 aliphatic carbocycles. The summed E-state index contributed by atoms with van der Waals surface area (Å²) in [4.78, 5) is 13.0. The van der Waals surface area contributed by atoms with Gasteiger partial charge >= 0.3 is 5.97 Å². The third-order valence-electron chi connectivity index (χ3n) is 7.20. The Bertz CT molecular complexity index is 1640. The van der Waals surface area contributed by atoms with E-state index in [9.17, 15) is 18.3 Å². The Kier molecular flexibility index (Phi) is 11.6. The van der Waals surface area contributed by atoms with Crippen LogP contribution in [0.3, 0.4) is 0 Å². The highest BCUT2D eigenvalue weighted by molar-refractivity contribution is 7.90. The molecule has 4 aromatic carbocycles. The topological polar surface area (TPSA) is 123 Å². The van der Waals surface area contributed by atoms with Gasteiger partial charge in [-0.3, -0.25) is 0 Å². The molecule has 0 aliphatic rings. The first-order valence-electron chi connectivity index (χ1n) is 14.6. The lowest BCUT2D eigenvalue weighted by molar-refractivity contribution is -0.142. The lowest BCUT2D eigenvalue weighted by atomic mass is 9.99. The highest BCUT2D eigenvalue weighted by atomic mass is 32.2. The summed E-state index contributed by atoms with van der Waals surface area (Å²) in [7, 11) is -3.32. The van der Waals surface area contributed by atoms with E-state index in [4.69, 9.17) is 19.3 Å². The molecule has 0 unspecified atom stereocenters. The number of sulfone groups is 1. The van der Waals surface area contributed by atoms with E-state index in [1.54, 1.807) is 42.5 Å². The molecule has 0 heterocycles. The van der Waals surface area contributed by atoms with Crippen molar-refractivity contribution in [2.75, 3.05) is 45.7 Å². The van der Waals surface area contributed by atoms with E-state index in [1.165, 1.54) is 6.26 Å². The maximum Gasteiger partial charge on any atom is 0.329 e. The average Bonchev–Trinajstić information content (AvgIpc) is 3.00. The molecule has 44 heavy (non-hydrogen) atoms. The van der Waals surface area contributed by atoms with Crippen LogP contribution >= 0.6 is 0 Å². The number of aliphatic carboxylic acids is 1. The van der Waals surface area contributed by atoms with E-state index >= 15 is 0 Å². The van der Waals surface area contributed by atoms with Crippen LogP contribution in [0.15, 0.2) is 83.8 Å². The molecule has 0 saturated carbocycles. The van der Waals surface area contributed by atoms with E-state index in [2.05, 4.69) is 11.8 Å².